The van der Waals surface area contributed by atoms with Crippen molar-refractivity contribution in [1.29, 1.82) is 0 Å². The molecule has 1 aliphatic heterocycles. The monoisotopic (exact) mass is 193 g/mol. The van der Waals surface area contributed by atoms with Crippen molar-refractivity contribution < 1.29 is 4.79 Å². The average Bonchev–Trinajstić information content (AvgIpc) is 2.55. The zero-order valence-corrected chi connectivity index (χ0v) is 8.36. The fourth-order valence-electron chi connectivity index (χ4n) is 2.01. The number of nitrogens with zero attached hydrogens (tertiary/aromatic N) is 2. The second-order valence-electron chi connectivity index (χ2n) is 3.65. The molecule has 1 aliphatic rings. The number of hydrogen-bond donors (Lipinski definition) is 1. The Morgan fingerprint density at radius 3 is 3.07 bits per heavy atom. The van der Waals surface area contributed by atoms with Gasteiger partial charge >= 0.3 is 0 Å². The molecule has 0 fully saturated rings. The third-order valence-electron chi connectivity index (χ3n) is 2.90. The first kappa shape index (κ1) is 9.27. The lowest BCUT2D eigenvalue weighted by Gasteiger charge is -2.25. The number of hydrogen-bond acceptors (Lipinski definition) is 3. The Hall–Kier alpha value is -1.29. The number of likely N-dealkylation sites (N-methyl/N-ethyl adjacent to an activating group) is 1. The topological polar surface area (TPSA) is 51.3 Å². The Bertz CT molecular complexity index is 356. The molecule has 0 unspecified atom stereocenters. The second-order valence-corrected chi connectivity index (χ2v) is 3.65. The molecular weight excluding hydrogens is 178 g/mol. The lowest BCUT2D eigenvalue weighted by atomic mass is 10.0. The van der Waals surface area contributed by atoms with Crippen LogP contribution in [-0.4, -0.2) is 29.0 Å². The molecule has 0 radical (unpaired) electrons. The first-order chi connectivity index (χ1) is 6.76. The van der Waals surface area contributed by atoms with Crippen molar-refractivity contribution in [3.8, 4) is 0 Å². The van der Waals surface area contributed by atoms with Crippen LogP contribution in [0.5, 0.6) is 0 Å². The number of nitrogen functional groups attached to an aromatic ring is 1. The summed E-state index contributed by atoms with van der Waals surface area (Å²) in [5, 5.41) is 0. The Kier molecular flexibility index (Phi) is 2.29. The van der Waals surface area contributed by atoms with Gasteiger partial charge in [0.05, 0.1) is 0 Å². The normalized spacial score (nSPS) is 16.6. The first-order valence-electron chi connectivity index (χ1n) is 4.92. The van der Waals surface area contributed by atoms with E-state index in [0.29, 0.717) is 5.82 Å². The van der Waals surface area contributed by atoms with Crippen LogP contribution in [0.2, 0.25) is 0 Å². The summed E-state index contributed by atoms with van der Waals surface area (Å²) in [4.78, 5) is 13.0. The highest BCUT2D eigenvalue weighted by Gasteiger charge is 2.20. The van der Waals surface area contributed by atoms with E-state index in [1.165, 1.54) is 10.1 Å². The van der Waals surface area contributed by atoms with Gasteiger partial charge in [0, 0.05) is 24.8 Å². The molecule has 0 saturated carbocycles. The standard InChI is InChI=1S/C10H15N3O/c1-2-12-4-3-9-8(5-12)6-13(7-14)10(9)11/h6-7H,2-5,11H2,1H3. The molecule has 4 heteroatoms. The van der Waals surface area contributed by atoms with Crippen molar-refractivity contribution in [3.05, 3.63) is 17.3 Å². The Morgan fingerprint density at radius 1 is 1.64 bits per heavy atom. The highest BCUT2D eigenvalue weighted by molar-refractivity contribution is 5.65. The second kappa shape index (κ2) is 3.46. The quantitative estimate of drug-likeness (QED) is 0.695. The molecule has 1 aromatic heterocycles. The number of rotatable bonds is 2. The summed E-state index contributed by atoms with van der Waals surface area (Å²) in [6, 6.07) is 0. The van der Waals surface area contributed by atoms with Gasteiger partial charge < -0.3 is 5.73 Å². The van der Waals surface area contributed by atoms with E-state index >= 15 is 0 Å². The highest BCUT2D eigenvalue weighted by Crippen LogP contribution is 2.25. The summed E-state index contributed by atoms with van der Waals surface area (Å²) < 4.78 is 1.48. The van der Waals surface area contributed by atoms with Gasteiger partial charge in [0.15, 0.2) is 0 Å². The van der Waals surface area contributed by atoms with E-state index in [1.807, 2.05) is 6.20 Å². The van der Waals surface area contributed by atoms with Crippen molar-refractivity contribution in [2.45, 2.75) is 19.9 Å². The summed E-state index contributed by atoms with van der Waals surface area (Å²) >= 11 is 0. The largest absolute Gasteiger partial charge is 0.385 e. The molecule has 0 aromatic carbocycles. The Labute approximate surface area is 83.3 Å². The van der Waals surface area contributed by atoms with Gasteiger partial charge in [0.25, 0.3) is 0 Å². The molecule has 0 amide bonds. The van der Waals surface area contributed by atoms with Crippen LogP contribution < -0.4 is 5.73 Å². The Morgan fingerprint density at radius 2 is 2.43 bits per heavy atom. The van der Waals surface area contributed by atoms with E-state index in [2.05, 4.69) is 11.8 Å². The molecule has 0 aliphatic carbocycles. The Balaban J connectivity index is 2.34. The van der Waals surface area contributed by atoms with Crippen LogP contribution in [0.25, 0.3) is 0 Å². The van der Waals surface area contributed by atoms with Crippen LogP contribution >= 0.6 is 0 Å². The minimum absolute atomic E-state index is 0.616. The number of anilines is 1. The number of nitrogens with two attached hydrogens (primary N) is 1. The molecule has 76 valence electrons. The van der Waals surface area contributed by atoms with Gasteiger partial charge in [-0.1, -0.05) is 6.92 Å². The smallest absolute Gasteiger partial charge is 0.219 e. The van der Waals surface area contributed by atoms with Gasteiger partial charge in [-0.2, -0.15) is 0 Å². The minimum Gasteiger partial charge on any atom is -0.385 e. The van der Waals surface area contributed by atoms with Crippen molar-refractivity contribution in [1.82, 2.24) is 9.47 Å². The highest BCUT2D eigenvalue weighted by atomic mass is 16.1. The van der Waals surface area contributed by atoms with E-state index in [9.17, 15) is 4.79 Å². The van der Waals surface area contributed by atoms with Gasteiger partial charge in [-0.05, 0) is 18.5 Å². The zero-order chi connectivity index (χ0) is 10.1. The SMILES string of the molecule is CCN1CCc2c(cn(C=O)c2N)C1. The van der Waals surface area contributed by atoms with Crippen LogP contribution in [0.4, 0.5) is 5.82 Å². The molecule has 0 bridgehead atoms. The summed E-state index contributed by atoms with van der Waals surface area (Å²) in [6.45, 7) is 5.14. The minimum atomic E-state index is 0.616. The molecule has 14 heavy (non-hydrogen) atoms. The summed E-state index contributed by atoms with van der Waals surface area (Å²) in [7, 11) is 0. The summed E-state index contributed by atoms with van der Waals surface area (Å²) in [5.41, 5.74) is 8.19. The number of carbonyl (C=O) groups is 1. The van der Waals surface area contributed by atoms with Crippen LogP contribution in [0.15, 0.2) is 6.20 Å². The predicted molar refractivity (Wildman–Crippen MR) is 55.6 cm³/mol. The van der Waals surface area contributed by atoms with Crippen molar-refractivity contribution in [2.24, 2.45) is 0 Å². The third kappa shape index (κ3) is 1.32. The van der Waals surface area contributed by atoms with E-state index in [4.69, 9.17) is 5.73 Å². The van der Waals surface area contributed by atoms with Gasteiger partial charge in [0.2, 0.25) is 6.41 Å². The molecule has 0 saturated heterocycles. The predicted octanol–water partition coefficient (Wildman–Crippen LogP) is 0.487. The average molecular weight is 193 g/mol. The first-order valence-corrected chi connectivity index (χ1v) is 4.92. The molecule has 1 aromatic rings. The van der Waals surface area contributed by atoms with E-state index in [1.54, 1.807) is 0 Å². The maximum absolute atomic E-state index is 10.7. The number of aromatic nitrogens is 1. The molecule has 0 spiro atoms. The number of fused-ring (bicyclic) bond motifs is 1. The van der Waals surface area contributed by atoms with Gasteiger partial charge in [0.1, 0.15) is 5.82 Å². The molecule has 2 heterocycles. The maximum Gasteiger partial charge on any atom is 0.219 e. The third-order valence-corrected chi connectivity index (χ3v) is 2.90. The van der Waals surface area contributed by atoms with E-state index in [-0.39, 0.29) is 0 Å². The van der Waals surface area contributed by atoms with Crippen molar-refractivity contribution >= 4 is 12.2 Å². The lowest BCUT2D eigenvalue weighted by molar-refractivity contribution is 0.269. The van der Waals surface area contributed by atoms with Gasteiger partial charge in [-0.25, -0.2) is 0 Å². The van der Waals surface area contributed by atoms with Crippen LogP contribution in [0.3, 0.4) is 0 Å². The van der Waals surface area contributed by atoms with Crippen LogP contribution in [0.1, 0.15) is 18.1 Å². The van der Waals surface area contributed by atoms with Gasteiger partial charge in [-0.3, -0.25) is 14.3 Å². The zero-order valence-electron chi connectivity index (χ0n) is 8.36. The lowest BCUT2D eigenvalue weighted by Crippen LogP contribution is -2.29. The molecular formula is C10H15N3O. The molecule has 2 N–H and O–H groups in total. The maximum atomic E-state index is 10.7. The fraction of sp³-hybridized carbons (Fsp3) is 0.500. The fourth-order valence-corrected chi connectivity index (χ4v) is 2.01. The van der Waals surface area contributed by atoms with Crippen LogP contribution in [0, 0.1) is 0 Å². The van der Waals surface area contributed by atoms with E-state index in [0.717, 1.165) is 38.0 Å². The summed E-state index contributed by atoms with van der Waals surface area (Å²) in [5.74, 6) is 0.616. The molecule has 2 rings (SSSR count). The van der Waals surface area contributed by atoms with Crippen molar-refractivity contribution in [2.75, 3.05) is 18.8 Å². The molecule has 0 atom stereocenters. The molecule has 4 nitrogen and oxygen atoms in total. The van der Waals surface area contributed by atoms with Crippen molar-refractivity contribution in [3.63, 3.8) is 0 Å². The van der Waals surface area contributed by atoms with Crippen LogP contribution in [-0.2, 0) is 17.8 Å². The number of carbonyl (C=O) groups excluding carboxylic acids is 1. The van der Waals surface area contributed by atoms with Gasteiger partial charge in [-0.15, -0.1) is 0 Å². The van der Waals surface area contributed by atoms with E-state index < -0.39 is 0 Å². The summed E-state index contributed by atoms with van der Waals surface area (Å²) in [6.07, 6.45) is 3.57.